The number of hydrogen-bond acceptors (Lipinski definition) is 5. The van der Waals surface area contributed by atoms with Gasteiger partial charge in [-0.2, -0.15) is 0 Å². The van der Waals surface area contributed by atoms with Gasteiger partial charge >= 0.3 is 0 Å². The largest absolute Gasteiger partial charge is 0.457 e. The Morgan fingerprint density at radius 1 is 1.03 bits per heavy atom. The van der Waals surface area contributed by atoms with E-state index in [2.05, 4.69) is 49.9 Å². The number of anilines is 1. The summed E-state index contributed by atoms with van der Waals surface area (Å²) < 4.78 is 6.38. The molecule has 6 rings (SSSR count). The highest BCUT2D eigenvalue weighted by atomic mass is 16.5. The van der Waals surface area contributed by atoms with E-state index in [4.69, 9.17) is 4.74 Å². The molecule has 3 N–H and O–H groups in total. The number of benzene rings is 1. The minimum Gasteiger partial charge on any atom is -0.457 e. The number of nitrogens with one attached hydrogen (secondary N) is 3. The van der Waals surface area contributed by atoms with Gasteiger partial charge in [-0.05, 0) is 78.7 Å². The molecule has 0 radical (unpaired) electrons. The summed E-state index contributed by atoms with van der Waals surface area (Å²) in [6.45, 7) is 2.92. The van der Waals surface area contributed by atoms with E-state index in [-0.39, 0.29) is 0 Å². The van der Waals surface area contributed by atoms with E-state index >= 15 is 0 Å². The molecule has 0 amide bonds. The fourth-order valence-corrected chi connectivity index (χ4v) is 4.25. The molecular formula is C25H25N5O. The van der Waals surface area contributed by atoms with Gasteiger partial charge in [-0.1, -0.05) is 6.07 Å². The molecule has 6 heteroatoms. The van der Waals surface area contributed by atoms with Gasteiger partial charge in [0.15, 0.2) is 0 Å². The van der Waals surface area contributed by atoms with Crippen LogP contribution in [-0.2, 0) is 13.0 Å². The van der Waals surface area contributed by atoms with E-state index in [1.54, 1.807) is 6.20 Å². The maximum Gasteiger partial charge on any atom is 0.141 e. The van der Waals surface area contributed by atoms with Crippen LogP contribution < -0.4 is 15.4 Å². The number of aromatic nitrogens is 3. The van der Waals surface area contributed by atoms with Crippen molar-refractivity contribution in [2.75, 3.05) is 18.4 Å². The van der Waals surface area contributed by atoms with E-state index in [1.807, 2.05) is 24.5 Å². The first kappa shape index (κ1) is 18.4. The summed E-state index contributed by atoms with van der Waals surface area (Å²) in [5, 5.41) is 7.88. The van der Waals surface area contributed by atoms with Crippen LogP contribution in [0.4, 0.5) is 5.82 Å². The summed E-state index contributed by atoms with van der Waals surface area (Å²) in [7, 11) is 0. The van der Waals surface area contributed by atoms with Crippen molar-refractivity contribution in [1.29, 1.82) is 0 Å². The Kier molecular flexibility index (Phi) is 4.57. The predicted molar refractivity (Wildman–Crippen MR) is 122 cm³/mol. The Hall–Kier alpha value is -3.38. The maximum absolute atomic E-state index is 6.38. The summed E-state index contributed by atoms with van der Waals surface area (Å²) in [6, 6.07) is 12.5. The van der Waals surface area contributed by atoms with Gasteiger partial charge in [-0.3, -0.25) is 0 Å². The van der Waals surface area contributed by atoms with Gasteiger partial charge in [0.25, 0.3) is 0 Å². The predicted octanol–water partition coefficient (Wildman–Crippen LogP) is 4.88. The number of fused-ring (bicyclic) bond motifs is 2. The van der Waals surface area contributed by atoms with Crippen LogP contribution in [0.1, 0.15) is 24.0 Å². The van der Waals surface area contributed by atoms with Crippen molar-refractivity contribution in [2.24, 2.45) is 5.92 Å². The number of hydrogen-bond donors (Lipinski definition) is 3. The lowest BCUT2D eigenvalue weighted by Crippen LogP contribution is -2.23. The fraction of sp³-hybridized carbons (Fsp3) is 0.280. The average Bonchev–Trinajstić information content (AvgIpc) is 3.54. The highest BCUT2D eigenvalue weighted by molar-refractivity contribution is 5.98. The maximum atomic E-state index is 6.38. The minimum atomic E-state index is 0.800. The Labute approximate surface area is 181 Å². The number of ether oxygens (including phenoxy) is 1. The van der Waals surface area contributed by atoms with Crippen molar-refractivity contribution in [3.63, 3.8) is 0 Å². The first-order chi connectivity index (χ1) is 15.3. The molecule has 1 fully saturated rings. The Bertz CT molecular complexity index is 1240. The normalized spacial score (nSPS) is 15.6. The monoisotopic (exact) mass is 411 g/mol. The van der Waals surface area contributed by atoms with E-state index < -0.39 is 0 Å². The first-order valence-corrected chi connectivity index (χ1v) is 11.0. The van der Waals surface area contributed by atoms with E-state index in [0.29, 0.717) is 0 Å². The molecule has 0 spiro atoms. The summed E-state index contributed by atoms with van der Waals surface area (Å²) >= 11 is 0. The molecule has 31 heavy (non-hydrogen) atoms. The lowest BCUT2D eigenvalue weighted by atomic mass is 10.0. The number of nitrogens with zero attached hydrogens (tertiary/aromatic N) is 2. The molecule has 1 aliphatic heterocycles. The topological polar surface area (TPSA) is 74.9 Å². The van der Waals surface area contributed by atoms with Crippen molar-refractivity contribution < 1.29 is 4.74 Å². The van der Waals surface area contributed by atoms with Crippen LogP contribution in [0.2, 0.25) is 0 Å². The summed E-state index contributed by atoms with van der Waals surface area (Å²) in [5.74, 6) is 3.36. The van der Waals surface area contributed by atoms with Crippen molar-refractivity contribution in [3.8, 4) is 22.6 Å². The third-order valence-electron chi connectivity index (χ3n) is 6.17. The summed E-state index contributed by atoms with van der Waals surface area (Å²) in [5.41, 5.74) is 5.68. The zero-order chi connectivity index (χ0) is 20.6. The van der Waals surface area contributed by atoms with Crippen LogP contribution in [0.3, 0.4) is 0 Å². The lowest BCUT2D eigenvalue weighted by Gasteiger charge is -2.18. The SMILES string of the molecule is c1cc(-c2c[nH]c3nccc(Oc4ccc5c(c4)CNCC5)c23)cc(NCC2CC2)n1. The van der Waals surface area contributed by atoms with Gasteiger partial charge in [0.05, 0.1) is 5.39 Å². The standard InChI is InChI=1S/C25H25N5O/c1-2-16(1)13-29-23-12-18(6-9-27-23)21-15-30-25-24(21)22(7-10-28-25)31-20-4-3-17-5-8-26-14-19(17)11-20/h3-4,6-7,9-12,15-16,26H,1-2,5,8,13-14H2,(H,27,29)(H,28,30). The molecule has 0 atom stereocenters. The smallest absolute Gasteiger partial charge is 0.141 e. The second-order valence-electron chi connectivity index (χ2n) is 8.45. The quantitative estimate of drug-likeness (QED) is 0.421. The van der Waals surface area contributed by atoms with Gasteiger partial charge in [0, 0.05) is 37.2 Å². The van der Waals surface area contributed by atoms with Crippen molar-refractivity contribution in [2.45, 2.75) is 25.8 Å². The highest BCUT2D eigenvalue weighted by Crippen LogP contribution is 2.37. The minimum absolute atomic E-state index is 0.800. The average molecular weight is 412 g/mol. The van der Waals surface area contributed by atoms with Crippen molar-refractivity contribution >= 4 is 16.9 Å². The van der Waals surface area contributed by atoms with Crippen LogP contribution in [0.15, 0.2) is 55.0 Å². The van der Waals surface area contributed by atoms with Crippen LogP contribution in [0, 0.1) is 5.92 Å². The van der Waals surface area contributed by atoms with Gasteiger partial charge < -0.3 is 20.4 Å². The summed E-state index contributed by atoms with van der Waals surface area (Å²) in [6.07, 6.45) is 9.35. The molecular weight excluding hydrogens is 386 g/mol. The van der Waals surface area contributed by atoms with Gasteiger partial charge in [-0.15, -0.1) is 0 Å². The molecule has 4 aromatic rings. The Balaban J connectivity index is 1.35. The van der Waals surface area contributed by atoms with E-state index in [1.165, 1.54) is 24.0 Å². The van der Waals surface area contributed by atoms with Crippen LogP contribution in [0.5, 0.6) is 11.5 Å². The van der Waals surface area contributed by atoms with Gasteiger partial charge in [0.2, 0.25) is 0 Å². The molecule has 3 aromatic heterocycles. The third kappa shape index (κ3) is 3.75. The number of rotatable bonds is 6. The molecule has 156 valence electrons. The molecule has 6 nitrogen and oxygen atoms in total. The van der Waals surface area contributed by atoms with E-state index in [9.17, 15) is 0 Å². The molecule has 4 heterocycles. The second kappa shape index (κ2) is 7.71. The van der Waals surface area contributed by atoms with E-state index in [0.717, 1.165) is 71.5 Å². The fourth-order valence-electron chi connectivity index (χ4n) is 4.25. The van der Waals surface area contributed by atoms with Crippen LogP contribution >= 0.6 is 0 Å². The zero-order valence-electron chi connectivity index (χ0n) is 17.3. The number of pyridine rings is 2. The molecule has 1 aromatic carbocycles. The summed E-state index contributed by atoms with van der Waals surface area (Å²) in [4.78, 5) is 12.3. The molecule has 1 saturated carbocycles. The van der Waals surface area contributed by atoms with Crippen molar-refractivity contribution in [3.05, 3.63) is 66.1 Å². The molecule has 0 bridgehead atoms. The lowest BCUT2D eigenvalue weighted by molar-refractivity contribution is 0.485. The molecule has 1 aliphatic carbocycles. The van der Waals surface area contributed by atoms with Crippen molar-refractivity contribution in [1.82, 2.24) is 20.3 Å². The first-order valence-electron chi connectivity index (χ1n) is 11.0. The highest BCUT2D eigenvalue weighted by Gasteiger charge is 2.21. The Morgan fingerprint density at radius 3 is 2.90 bits per heavy atom. The number of H-pyrrole nitrogens is 1. The number of aromatic amines is 1. The molecule has 2 aliphatic rings. The second-order valence-corrected chi connectivity index (χ2v) is 8.45. The van der Waals surface area contributed by atoms with Gasteiger partial charge in [-0.25, -0.2) is 9.97 Å². The van der Waals surface area contributed by atoms with Crippen LogP contribution in [0.25, 0.3) is 22.2 Å². The molecule has 0 saturated heterocycles. The zero-order valence-corrected chi connectivity index (χ0v) is 17.3. The Morgan fingerprint density at radius 2 is 1.97 bits per heavy atom. The van der Waals surface area contributed by atoms with Gasteiger partial charge in [0.1, 0.15) is 23.0 Å². The third-order valence-corrected chi connectivity index (χ3v) is 6.17. The molecule has 0 unspecified atom stereocenters. The van der Waals surface area contributed by atoms with Crippen LogP contribution in [-0.4, -0.2) is 28.0 Å².